The minimum Gasteiger partial charge on any atom is -0.271 e. The molecule has 8 heteroatoms. The number of rotatable bonds is 5. The molecule has 1 atom stereocenters. The van der Waals surface area contributed by atoms with E-state index in [1.54, 1.807) is 6.20 Å². The Morgan fingerprint density at radius 3 is 2.86 bits per heavy atom. The van der Waals surface area contributed by atoms with Crippen LogP contribution in [0, 0.1) is 0 Å². The highest BCUT2D eigenvalue weighted by molar-refractivity contribution is 7.90. The van der Waals surface area contributed by atoms with Crippen molar-refractivity contribution in [2.24, 2.45) is 5.84 Å². The van der Waals surface area contributed by atoms with Crippen LogP contribution in [-0.4, -0.2) is 29.2 Å². The van der Waals surface area contributed by atoms with Crippen LogP contribution in [0.3, 0.4) is 0 Å². The average molecular weight is 236 g/mol. The zero-order valence-electron chi connectivity index (χ0n) is 7.67. The number of hydrogen-bond acceptors (Lipinski definition) is 7. The molecule has 3 N–H and O–H groups in total. The summed E-state index contributed by atoms with van der Waals surface area (Å²) in [7, 11) is -2.96. The van der Waals surface area contributed by atoms with Gasteiger partial charge in [-0.25, -0.2) is 8.42 Å². The summed E-state index contributed by atoms with van der Waals surface area (Å²) in [5.41, 5.74) is 3.20. The van der Waals surface area contributed by atoms with E-state index in [9.17, 15) is 8.42 Å². The average Bonchev–Trinajstić information content (AvgIpc) is 2.56. The van der Waals surface area contributed by atoms with Gasteiger partial charge in [0.2, 0.25) is 0 Å². The van der Waals surface area contributed by atoms with Crippen molar-refractivity contribution in [3.63, 3.8) is 0 Å². The van der Waals surface area contributed by atoms with Crippen LogP contribution in [0.2, 0.25) is 0 Å². The summed E-state index contributed by atoms with van der Waals surface area (Å²) in [5.74, 6) is 5.37. The van der Waals surface area contributed by atoms with Crippen molar-refractivity contribution in [1.29, 1.82) is 0 Å². The number of hydrogen-bond donors (Lipinski definition) is 2. The molecule has 6 nitrogen and oxygen atoms in total. The molecule has 0 spiro atoms. The molecule has 14 heavy (non-hydrogen) atoms. The van der Waals surface area contributed by atoms with E-state index in [0.717, 1.165) is 11.7 Å². The Bertz CT molecular complexity index is 361. The molecule has 0 bridgehead atoms. The number of nitrogens with zero attached hydrogens (tertiary/aromatic N) is 2. The van der Waals surface area contributed by atoms with E-state index in [1.807, 2.05) is 0 Å². The predicted molar refractivity (Wildman–Crippen MR) is 54.3 cm³/mol. The second-order valence-corrected chi connectivity index (χ2v) is 5.79. The van der Waals surface area contributed by atoms with Crippen molar-refractivity contribution in [2.75, 3.05) is 12.0 Å². The molecule has 1 aromatic heterocycles. The topological polar surface area (TPSA) is 98.0 Å². The van der Waals surface area contributed by atoms with Crippen LogP contribution in [0.25, 0.3) is 0 Å². The predicted octanol–water partition coefficient (Wildman–Crippen LogP) is -0.523. The minimum absolute atomic E-state index is 0.0827. The maximum Gasteiger partial charge on any atom is 0.147 e. The van der Waals surface area contributed by atoms with Crippen LogP contribution in [0.1, 0.15) is 18.2 Å². The summed E-state index contributed by atoms with van der Waals surface area (Å²) in [5, 5.41) is 0. The van der Waals surface area contributed by atoms with Gasteiger partial charge < -0.3 is 0 Å². The Kier molecular flexibility index (Phi) is 3.93. The lowest BCUT2D eigenvalue weighted by molar-refractivity contribution is 0.523. The van der Waals surface area contributed by atoms with Crippen LogP contribution < -0.4 is 11.3 Å². The number of nitrogens with two attached hydrogens (primary N) is 1. The molecular formula is C6H12N4O2S2. The molecule has 0 aliphatic rings. The molecule has 0 saturated heterocycles. The second kappa shape index (κ2) is 4.78. The zero-order valence-corrected chi connectivity index (χ0v) is 9.31. The van der Waals surface area contributed by atoms with E-state index in [1.165, 1.54) is 6.26 Å². The Labute approximate surface area is 86.7 Å². The Morgan fingerprint density at radius 1 is 1.71 bits per heavy atom. The fourth-order valence-electron chi connectivity index (χ4n) is 0.974. The number of nitrogens with one attached hydrogen (secondary N) is 1. The maximum atomic E-state index is 10.9. The molecule has 80 valence electrons. The third-order valence-electron chi connectivity index (χ3n) is 1.71. The second-order valence-electron chi connectivity index (χ2n) is 2.97. The van der Waals surface area contributed by atoms with Crippen LogP contribution >= 0.6 is 11.7 Å². The largest absolute Gasteiger partial charge is 0.271 e. The van der Waals surface area contributed by atoms with Gasteiger partial charge in [0.15, 0.2) is 0 Å². The number of aromatic nitrogens is 2. The van der Waals surface area contributed by atoms with Gasteiger partial charge in [0.05, 0.1) is 35.4 Å². The third kappa shape index (κ3) is 3.66. The highest BCUT2D eigenvalue weighted by Crippen LogP contribution is 2.14. The molecule has 0 aliphatic carbocycles. The van der Waals surface area contributed by atoms with Gasteiger partial charge in [0.1, 0.15) is 9.84 Å². The minimum atomic E-state index is -2.96. The molecule has 0 radical (unpaired) electrons. The van der Waals surface area contributed by atoms with E-state index >= 15 is 0 Å². The first-order valence-electron chi connectivity index (χ1n) is 3.94. The van der Waals surface area contributed by atoms with Crippen LogP contribution in [0.5, 0.6) is 0 Å². The summed E-state index contributed by atoms with van der Waals surface area (Å²) >= 11 is 1.07. The smallest absolute Gasteiger partial charge is 0.147 e. The van der Waals surface area contributed by atoms with Gasteiger partial charge in [-0.15, -0.1) is 0 Å². The van der Waals surface area contributed by atoms with Gasteiger partial charge in [-0.1, -0.05) is 0 Å². The lowest BCUT2D eigenvalue weighted by Crippen LogP contribution is -2.29. The van der Waals surface area contributed by atoms with Crippen LogP contribution in [-0.2, 0) is 9.84 Å². The monoisotopic (exact) mass is 236 g/mol. The molecule has 0 amide bonds. The normalized spacial score (nSPS) is 14.1. The van der Waals surface area contributed by atoms with Crippen molar-refractivity contribution >= 4 is 21.6 Å². The summed E-state index contributed by atoms with van der Waals surface area (Å²) in [6, 6.07) is -0.247. The van der Waals surface area contributed by atoms with E-state index in [2.05, 4.69) is 14.2 Å². The highest BCUT2D eigenvalue weighted by atomic mass is 32.2. The standard InChI is InChI=1S/C6H12N4O2S2/c1-14(11,12)3-2-5(9-7)6-4-8-13-10-6/h4-5,9H,2-3,7H2,1H3. The summed E-state index contributed by atoms with van der Waals surface area (Å²) < 4.78 is 29.6. The Balaban J connectivity index is 2.57. The van der Waals surface area contributed by atoms with Crippen molar-refractivity contribution in [3.8, 4) is 0 Å². The SMILES string of the molecule is CS(=O)(=O)CCC(NN)c1cnsn1. The first-order valence-corrected chi connectivity index (χ1v) is 6.73. The fraction of sp³-hybridized carbons (Fsp3) is 0.667. The summed E-state index contributed by atoms with van der Waals surface area (Å²) in [6.07, 6.45) is 3.18. The van der Waals surface area contributed by atoms with Crippen molar-refractivity contribution in [2.45, 2.75) is 12.5 Å². The molecule has 0 fully saturated rings. The molecule has 0 aromatic carbocycles. The van der Waals surface area contributed by atoms with Crippen LogP contribution in [0.4, 0.5) is 0 Å². The molecule has 1 rings (SSSR count). The molecule has 0 saturated carbocycles. The van der Waals surface area contributed by atoms with Crippen molar-refractivity contribution < 1.29 is 8.42 Å². The maximum absolute atomic E-state index is 10.9. The molecule has 0 aliphatic heterocycles. The van der Waals surface area contributed by atoms with Gasteiger partial charge in [0, 0.05) is 6.26 Å². The molecule has 1 heterocycles. The highest BCUT2D eigenvalue weighted by Gasteiger charge is 2.14. The van der Waals surface area contributed by atoms with Gasteiger partial charge >= 0.3 is 0 Å². The Hall–Kier alpha value is -0.570. The van der Waals surface area contributed by atoms with E-state index in [4.69, 9.17) is 5.84 Å². The molecule has 1 aromatic rings. The molecular weight excluding hydrogens is 224 g/mol. The van der Waals surface area contributed by atoms with E-state index in [0.29, 0.717) is 12.1 Å². The fourth-order valence-corrected chi connectivity index (χ4v) is 2.11. The van der Waals surface area contributed by atoms with E-state index < -0.39 is 9.84 Å². The molecule has 1 unspecified atom stereocenters. The summed E-state index contributed by atoms with van der Waals surface area (Å²) in [4.78, 5) is 0. The lowest BCUT2D eigenvalue weighted by atomic mass is 10.2. The lowest BCUT2D eigenvalue weighted by Gasteiger charge is -2.11. The Morgan fingerprint density at radius 2 is 2.43 bits per heavy atom. The first-order chi connectivity index (χ1) is 6.53. The first kappa shape index (κ1) is 11.5. The van der Waals surface area contributed by atoms with Gasteiger partial charge in [-0.05, 0) is 6.42 Å². The van der Waals surface area contributed by atoms with Crippen molar-refractivity contribution in [3.05, 3.63) is 11.9 Å². The van der Waals surface area contributed by atoms with Crippen LogP contribution in [0.15, 0.2) is 6.20 Å². The van der Waals surface area contributed by atoms with Gasteiger partial charge in [-0.3, -0.25) is 11.3 Å². The summed E-state index contributed by atoms with van der Waals surface area (Å²) in [6.45, 7) is 0. The quantitative estimate of drug-likeness (QED) is 0.527. The third-order valence-corrected chi connectivity index (χ3v) is 3.18. The van der Waals surface area contributed by atoms with Gasteiger partial charge in [-0.2, -0.15) is 8.75 Å². The van der Waals surface area contributed by atoms with Gasteiger partial charge in [0.25, 0.3) is 0 Å². The van der Waals surface area contributed by atoms with Crippen molar-refractivity contribution in [1.82, 2.24) is 14.2 Å². The van der Waals surface area contributed by atoms with E-state index in [-0.39, 0.29) is 11.8 Å². The number of hydrazine groups is 1. The zero-order chi connectivity index (χ0) is 10.6. The number of sulfone groups is 1.